The Hall–Kier alpha value is -3.36. The van der Waals surface area contributed by atoms with Crippen LogP contribution in [0, 0.1) is 0 Å². The van der Waals surface area contributed by atoms with Gasteiger partial charge < -0.3 is 25.8 Å². The van der Waals surface area contributed by atoms with Gasteiger partial charge in [-0.3, -0.25) is 0 Å². The highest BCUT2D eigenvalue weighted by Gasteiger charge is 2.32. The third kappa shape index (κ3) is 8.07. The number of halogens is 4. The predicted octanol–water partition coefficient (Wildman–Crippen LogP) is 20.6. The summed E-state index contributed by atoms with van der Waals surface area (Å²) >= 11 is 16.2. The molecule has 0 spiro atoms. The molecule has 0 saturated heterocycles. The Balaban J connectivity index is 1.00. The van der Waals surface area contributed by atoms with Crippen LogP contribution in [0.5, 0.6) is 11.5 Å². The van der Waals surface area contributed by atoms with Crippen LogP contribution in [-0.2, 0) is 77.0 Å². The summed E-state index contributed by atoms with van der Waals surface area (Å²) < 4.78 is 47.7. The van der Waals surface area contributed by atoms with Crippen molar-refractivity contribution in [1.82, 2.24) is 0 Å². The zero-order valence-electron chi connectivity index (χ0n) is 40.4. The van der Waals surface area contributed by atoms with Crippen LogP contribution in [0.1, 0.15) is 144 Å². The third-order valence-electron chi connectivity index (χ3n) is 17.0. The minimum atomic E-state index is -2.00. The molecule has 6 aliphatic rings. The maximum absolute atomic E-state index is 7.44. The minimum Gasteiger partial charge on any atom is -0.390 e. The number of hydrogen-bond donors (Lipinski definition) is 0. The van der Waals surface area contributed by atoms with Gasteiger partial charge in [0.2, 0.25) is 0 Å². The van der Waals surface area contributed by atoms with Crippen LogP contribution in [0.2, 0.25) is 0 Å². The van der Waals surface area contributed by atoms with E-state index in [1.54, 1.807) is 0 Å². The second-order valence-electron chi connectivity index (χ2n) is 21.2. The summed E-state index contributed by atoms with van der Waals surface area (Å²) in [5, 5.41) is 4.75. The summed E-state index contributed by atoms with van der Waals surface area (Å²) in [6, 6.07) is 18.2. The number of benzene rings is 6. The lowest BCUT2D eigenvalue weighted by Crippen LogP contribution is -2.10. The van der Waals surface area contributed by atoms with E-state index in [2.05, 4.69) is 112 Å². The van der Waals surface area contributed by atoms with Crippen molar-refractivity contribution in [2.75, 3.05) is 0 Å². The molecule has 0 bridgehead atoms. The van der Waals surface area contributed by atoms with Gasteiger partial charge in [-0.05, 0) is 321 Å². The highest BCUT2D eigenvalue weighted by molar-refractivity contribution is 9.11. The van der Waals surface area contributed by atoms with Gasteiger partial charge in [-0.15, -0.1) is 0 Å². The largest absolute Gasteiger partial charge is 0.453 e. The second kappa shape index (κ2) is 19.3. The quantitative estimate of drug-likeness (QED) is 0.171. The molecule has 12 heteroatoms. The second-order valence-corrected chi connectivity index (χ2v) is 26.6. The van der Waals surface area contributed by atoms with Gasteiger partial charge in [0.05, 0.1) is 17.9 Å². The molecule has 0 aliphatic heterocycles. The van der Waals surface area contributed by atoms with Crippen LogP contribution in [-0.4, -0.2) is 0 Å². The van der Waals surface area contributed by atoms with E-state index in [1.807, 2.05) is 0 Å². The van der Waals surface area contributed by atoms with Crippen molar-refractivity contribution < 1.29 is 25.8 Å². The van der Waals surface area contributed by atoms with Crippen molar-refractivity contribution in [3.63, 3.8) is 0 Å². The maximum Gasteiger partial charge on any atom is 0.453 e. The molecular weight excluding hydrogens is 1200 g/mol. The Morgan fingerprint density at radius 2 is 0.556 bits per heavy atom. The fraction of sp³-hybridized carbons (Fsp3) is 0.400. The van der Waals surface area contributed by atoms with Gasteiger partial charge in [0, 0.05) is 32.7 Å². The van der Waals surface area contributed by atoms with Crippen LogP contribution in [0.15, 0.2) is 83.2 Å². The summed E-state index contributed by atoms with van der Waals surface area (Å²) in [5.41, 5.74) is 22.1. The molecule has 0 radical (unpaired) electrons. The Morgan fingerprint density at radius 3 is 0.847 bits per heavy atom. The van der Waals surface area contributed by atoms with Crippen molar-refractivity contribution in [2.24, 2.45) is 0 Å². The average molecular weight is 1250 g/mol. The zero-order valence-corrected chi connectivity index (χ0v) is 48.6. The Kier molecular flexibility index (Phi) is 12.7. The van der Waals surface area contributed by atoms with Gasteiger partial charge in [0.15, 0.2) is 22.3 Å². The molecule has 0 fully saturated rings. The normalized spacial score (nSPS) is 17.2. The fourth-order valence-corrected chi connectivity index (χ4v) is 18.6. The van der Waals surface area contributed by atoms with Crippen molar-refractivity contribution >= 4 is 124 Å². The van der Waals surface area contributed by atoms with Crippen molar-refractivity contribution in [1.29, 1.82) is 0 Å². The van der Waals surface area contributed by atoms with E-state index >= 15 is 0 Å². The molecule has 6 aromatic carbocycles. The Labute approximate surface area is 456 Å². The molecule has 2 heterocycles. The van der Waals surface area contributed by atoms with Crippen molar-refractivity contribution in [3.8, 4) is 22.6 Å². The smallest absolute Gasteiger partial charge is 0.390 e. The molecule has 14 rings (SSSR count). The molecular formula is C60H56Br4O6P2. The monoisotopic (exact) mass is 1250 g/mol. The fourth-order valence-electron chi connectivity index (χ4n) is 13.7. The maximum atomic E-state index is 7.44. The van der Waals surface area contributed by atoms with Crippen molar-refractivity contribution in [3.05, 3.63) is 133 Å². The van der Waals surface area contributed by atoms with Crippen LogP contribution in [0.4, 0.5) is 0 Å². The molecule has 0 unspecified atom stereocenters. The van der Waals surface area contributed by atoms with Crippen LogP contribution in [0.3, 0.4) is 0 Å². The number of rotatable bonds is 5. The van der Waals surface area contributed by atoms with Crippen LogP contribution in [0.25, 0.3) is 55.0 Å². The Bertz CT molecular complexity index is 3280. The van der Waals surface area contributed by atoms with E-state index in [9.17, 15) is 0 Å². The van der Waals surface area contributed by atoms with Gasteiger partial charge in [0.25, 0.3) is 0 Å². The molecule has 2 aromatic heterocycles. The lowest BCUT2D eigenvalue weighted by atomic mass is 9.80. The van der Waals surface area contributed by atoms with Gasteiger partial charge >= 0.3 is 16.5 Å². The molecule has 8 aromatic rings. The zero-order chi connectivity index (χ0) is 48.2. The molecule has 6 aliphatic carbocycles. The summed E-state index contributed by atoms with van der Waals surface area (Å²) in [6.07, 6.45) is 26.3. The highest BCUT2D eigenvalue weighted by atomic mass is 79.9. The molecule has 370 valence electrons. The summed E-state index contributed by atoms with van der Waals surface area (Å²) in [5.74, 6) is 1.52. The number of hydrogen-bond acceptors (Lipinski definition) is 6. The molecule has 6 nitrogen and oxygen atoms in total. The van der Waals surface area contributed by atoms with E-state index < -0.39 is 16.5 Å². The van der Waals surface area contributed by atoms with Crippen molar-refractivity contribution in [2.45, 2.75) is 154 Å². The summed E-state index contributed by atoms with van der Waals surface area (Å²) in [4.78, 5) is 0. The van der Waals surface area contributed by atoms with Gasteiger partial charge in [-0.1, -0.05) is 12.1 Å². The first kappa shape index (κ1) is 47.1. The van der Waals surface area contributed by atoms with Gasteiger partial charge in [-0.25, -0.2) is 0 Å². The molecule has 72 heavy (non-hydrogen) atoms. The van der Waals surface area contributed by atoms with Crippen LogP contribution < -0.4 is 9.05 Å². The van der Waals surface area contributed by atoms with E-state index in [0.29, 0.717) is 0 Å². The number of aryl methyl sites for hydroxylation is 10. The van der Waals surface area contributed by atoms with Gasteiger partial charge in [0.1, 0.15) is 11.5 Å². The lowest BCUT2D eigenvalue weighted by Gasteiger charge is -2.27. The standard InChI is InChI=1S/C60H56Br4O6P2/c61-45-29-35-15-3-9-21-41(35)53-54-42-22-10-4-16-36(42)30-46(62)58(54)68-71(67-57(45)53)65-49-27-25-33-13-1-7-19-39(33)51(49)52-40-20-8-2-14-34(40)26-28-50(52)66-72-69-59-47(63)31-37-17-5-11-23-43(37)55(59)56-44-24-12-6-18-38(44)32-48(64)60(56)70-72/h25-32H,1-24H2. The predicted molar refractivity (Wildman–Crippen MR) is 307 cm³/mol. The summed E-state index contributed by atoms with van der Waals surface area (Å²) in [7, 11) is -4.00. The first-order valence-corrected chi connectivity index (χ1v) is 32.1. The summed E-state index contributed by atoms with van der Waals surface area (Å²) in [6.45, 7) is 0. The first-order chi connectivity index (χ1) is 35.3. The van der Waals surface area contributed by atoms with Crippen LogP contribution >= 0.6 is 80.2 Å². The number of fused-ring (bicyclic) bond motifs is 16. The Morgan fingerprint density at radius 1 is 0.306 bits per heavy atom. The molecule has 0 amide bonds. The topological polar surface area (TPSA) is 71.0 Å². The van der Waals surface area contributed by atoms with E-state index in [4.69, 9.17) is 25.8 Å². The van der Waals surface area contributed by atoms with E-state index in [1.165, 1.54) is 140 Å². The average Bonchev–Trinajstić information content (AvgIpc) is 3.70. The third-order valence-corrected chi connectivity index (χ3v) is 21.4. The lowest BCUT2D eigenvalue weighted by molar-refractivity contribution is 0.491. The molecule has 0 atom stereocenters. The van der Waals surface area contributed by atoms with Gasteiger partial charge in [-0.2, -0.15) is 0 Å². The first-order valence-electron chi connectivity index (χ1n) is 26.7. The SMILES string of the molecule is Brc1cc2c(c3c1op(Oc1ccc4c(c1-c1c(Op5oc6c(Br)cc7c(c6c6c8c(cc(Br)c6o5)CCCC8)CCCC7)ccc5c1CCCC5)CCCC4)oc1c(Br)cc4c(c13)CCCC4)CCCC2. The molecule has 0 N–H and O–H groups in total. The van der Waals surface area contributed by atoms with E-state index in [0.717, 1.165) is 166 Å². The molecule has 0 saturated carbocycles. The highest BCUT2D eigenvalue weighted by Crippen LogP contribution is 2.54. The minimum absolute atomic E-state index is 0.758. The van der Waals surface area contributed by atoms with E-state index in [-0.39, 0.29) is 0 Å².